The molecule has 1 aliphatic heterocycles. The molecule has 8 nitrogen and oxygen atoms in total. The van der Waals surface area contributed by atoms with Gasteiger partial charge in [0.2, 0.25) is 0 Å². The fourth-order valence-corrected chi connectivity index (χ4v) is 3.91. The number of rotatable bonds is 8. The van der Waals surface area contributed by atoms with Crippen LogP contribution in [-0.4, -0.2) is 65.1 Å². The lowest BCUT2D eigenvalue weighted by molar-refractivity contribution is -0.00381. The summed E-state index contributed by atoms with van der Waals surface area (Å²) in [5, 5.41) is 8.59. The molecule has 1 saturated heterocycles. The first-order valence-corrected chi connectivity index (χ1v) is 11.5. The molecule has 4 rings (SSSR count). The van der Waals surface area contributed by atoms with Crippen molar-refractivity contribution in [1.29, 1.82) is 0 Å². The molecule has 1 aromatic carbocycles. The lowest BCUT2D eigenvalue weighted by Crippen LogP contribution is -2.52. The van der Waals surface area contributed by atoms with Crippen molar-refractivity contribution in [2.24, 2.45) is 11.8 Å². The van der Waals surface area contributed by atoms with E-state index in [1.54, 1.807) is 4.90 Å². The fraction of sp³-hybridized carbons (Fsp3) is 0.625. The third kappa shape index (κ3) is 5.59. The van der Waals surface area contributed by atoms with Crippen LogP contribution in [-0.2, 0) is 16.0 Å². The van der Waals surface area contributed by atoms with E-state index in [0.717, 1.165) is 35.5 Å². The van der Waals surface area contributed by atoms with Crippen molar-refractivity contribution in [3.8, 4) is 0 Å². The van der Waals surface area contributed by atoms with E-state index in [1.807, 2.05) is 50.7 Å². The summed E-state index contributed by atoms with van der Waals surface area (Å²) in [5.74, 6) is 0.988. The van der Waals surface area contributed by atoms with Gasteiger partial charge in [-0.2, -0.15) is 5.10 Å². The number of hydrogen-bond acceptors (Lipinski definition) is 5. The van der Waals surface area contributed by atoms with E-state index in [1.165, 1.54) is 12.8 Å². The largest absolute Gasteiger partial charge is 0.444 e. The quantitative estimate of drug-likeness (QED) is 0.634. The summed E-state index contributed by atoms with van der Waals surface area (Å²) < 4.78 is 12.9. The molecule has 1 aliphatic carbocycles. The van der Waals surface area contributed by atoms with Gasteiger partial charge < -0.3 is 19.7 Å². The zero-order chi connectivity index (χ0) is 22.9. The molecule has 1 saturated carbocycles. The highest BCUT2D eigenvalue weighted by Gasteiger charge is 2.34. The van der Waals surface area contributed by atoms with Crippen molar-refractivity contribution in [3.63, 3.8) is 0 Å². The molecule has 2 heterocycles. The van der Waals surface area contributed by atoms with Gasteiger partial charge in [-0.1, -0.05) is 0 Å². The third-order valence-electron chi connectivity index (χ3n) is 5.89. The van der Waals surface area contributed by atoms with Gasteiger partial charge in [0, 0.05) is 55.9 Å². The molecule has 174 valence electrons. The van der Waals surface area contributed by atoms with Crippen LogP contribution in [0.4, 0.5) is 4.79 Å². The molecule has 1 aromatic heterocycles. The standard InChI is InChI=1S/C24H34N4O4/c1-16-19(22(29)25-9-10-31-15-17-5-6-17)7-8-21-20(16)14-28(26-21)13-18-11-27(12-18)23(30)32-24(2,3)4/h7-8,14,17-18H,5-6,9-13,15H2,1-4H3,(H,25,29). The number of aromatic nitrogens is 2. The molecule has 0 radical (unpaired) electrons. The molecule has 32 heavy (non-hydrogen) atoms. The normalized spacial score (nSPS) is 16.8. The van der Waals surface area contributed by atoms with Crippen LogP contribution in [0.1, 0.15) is 49.5 Å². The molecular formula is C24H34N4O4. The monoisotopic (exact) mass is 442 g/mol. The maximum atomic E-state index is 12.6. The van der Waals surface area contributed by atoms with Gasteiger partial charge in [-0.25, -0.2) is 4.79 Å². The van der Waals surface area contributed by atoms with E-state index in [9.17, 15) is 9.59 Å². The highest BCUT2D eigenvalue weighted by atomic mass is 16.6. The van der Waals surface area contributed by atoms with E-state index < -0.39 is 5.60 Å². The summed E-state index contributed by atoms with van der Waals surface area (Å²) in [7, 11) is 0. The van der Waals surface area contributed by atoms with Gasteiger partial charge in [0.15, 0.2) is 0 Å². The highest BCUT2D eigenvalue weighted by Crippen LogP contribution is 2.28. The zero-order valence-electron chi connectivity index (χ0n) is 19.5. The fourth-order valence-electron chi connectivity index (χ4n) is 3.91. The second-order valence-corrected chi connectivity index (χ2v) is 10.0. The summed E-state index contributed by atoms with van der Waals surface area (Å²) in [5.41, 5.74) is 1.98. The number of amides is 2. The van der Waals surface area contributed by atoms with Crippen molar-refractivity contribution in [3.05, 3.63) is 29.5 Å². The van der Waals surface area contributed by atoms with Gasteiger partial charge >= 0.3 is 6.09 Å². The average molecular weight is 443 g/mol. The molecule has 2 amide bonds. The van der Waals surface area contributed by atoms with E-state index in [4.69, 9.17) is 9.47 Å². The van der Waals surface area contributed by atoms with E-state index in [-0.39, 0.29) is 12.0 Å². The number of aryl methyl sites for hydroxylation is 1. The molecular weight excluding hydrogens is 408 g/mol. The molecule has 8 heteroatoms. The number of carbonyl (C=O) groups excluding carboxylic acids is 2. The molecule has 0 unspecified atom stereocenters. The minimum Gasteiger partial charge on any atom is -0.444 e. The predicted molar refractivity (Wildman–Crippen MR) is 122 cm³/mol. The number of nitrogens with one attached hydrogen (secondary N) is 1. The van der Waals surface area contributed by atoms with Crippen molar-refractivity contribution < 1.29 is 19.1 Å². The summed E-state index contributed by atoms with van der Waals surface area (Å²) in [6, 6.07) is 3.73. The van der Waals surface area contributed by atoms with Crippen LogP contribution in [0.25, 0.3) is 10.9 Å². The van der Waals surface area contributed by atoms with Gasteiger partial charge in [-0.3, -0.25) is 9.48 Å². The molecule has 0 atom stereocenters. The smallest absolute Gasteiger partial charge is 0.410 e. The Morgan fingerprint density at radius 3 is 2.62 bits per heavy atom. The number of likely N-dealkylation sites (tertiary alicyclic amines) is 1. The van der Waals surface area contributed by atoms with Gasteiger partial charge in [-0.15, -0.1) is 0 Å². The minimum absolute atomic E-state index is 0.0841. The predicted octanol–water partition coefficient (Wildman–Crippen LogP) is 3.37. The van der Waals surface area contributed by atoms with Crippen LogP contribution in [0.15, 0.2) is 18.3 Å². The molecule has 1 N–H and O–H groups in total. The number of nitrogens with zero attached hydrogens (tertiary/aromatic N) is 3. The Balaban J connectivity index is 1.30. The Kier molecular flexibility index (Phi) is 6.42. The van der Waals surface area contributed by atoms with Gasteiger partial charge in [-0.05, 0) is 64.2 Å². The van der Waals surface area contributed by atoms with Crippen LogP contribution in [0.3, 0.4) is 0 Å². The number of fused-ring (bicyclic) bond motifs is 1. The third-order valence-corrected chi connectivity index (χ3v) is 5.89. The molecule has 2 fully saturated rings. The first kappa shape index (κ1) is 22.6. The maximum absolute atomic E-state index is 12.6. The van der Waals surface area contributed by atoms with Gasteiger partial charge in [0.25, 0.3) is 5.91 Å². The van der Waals surface area contributed by atoms with Gasteiger partial charge in [0.1, 0.15) is 5.60 Å². The topological polar surface area (TPSA) is 85.7 Å². The van der Waals surface area contributed by atoms with Crippen molar-refractivity contribution in [1.82, 2.24) is 20.0 Å². The lowest BCUT2D eigenvalue weighted by Gasteiger charge is -2.39. The van der Waals surface area contributed by atoms with Crippen molar-refractivity contribution in [2.75, 3.05) is 32.8 Å². The molecule has 2 aromatic rings. The summed E-state index contributed by atoms with van der Waals surface area (Å²) >= 11 is 0. The number of carbonyl (C=O) groups is 2. The van der Waals surface area contributed by atoms with Gasteiger partial charge in [0.05, 0.1) is 12.1 Å². The van der Waals surface area contributed by atoms with E-state index in [2.05, 4.69) is 10.4 Å². The van der Waals surface area contributed by atoms with E-state index >= 15 is 0 Å². The second kappa shape index (κ2) is 9.10. The summed E-state index contributed by atoms with van der Waals surface area (Å²) in [4.78, 5) is 26.4. The number of benzene rings is 1. The van der Waals surface area contributed by atoms with Crippen LogP contribution in [0.5, 0.6) is 0 Å². The van der Waals surface area contributed by atoms with Crippen LogP contribution < -0.4 is 5.32 Å². The molecule has 0 bridgehead atoms. The molecule has 2 aliphatic rings. The Morgan fingerprint density at radius 2 is 1.94 bits per heavy atom. The highest BCUT2D eigenvalue weighted by molar-refractivity contribution is 6.00. The SMILES string of the molecule is Cc1c(C(=O)NCCOCC2CC2)ccc2nn(CC3CN(C(=O)OC(C)(C)C)C3)cc12. The van der Waals surface area contributed by atoms with Crippen molar-refractivity contribution in [2.45, 2.75) is 52.7 Å². The Hall–Kier alpha value is -2.61. The Bertz CT molecular complexity index is 984. The number of hydrogen-bond donors (Lipinski definition) is 1. The van der Waals surface area contributed by atoms with Crippen molar-refractivity contribution >= 4 is 22.9 Å². The lowest BCUT2D eigenvalue weighted by atomic mass is 10.0. The number of ether oxygens (including phenoxy) is 2. The molecule has 0 spiro atoms. The maximum Gasteiger partial charge on any atom is 0.410 e. The zero-order valence-corrected chi connectivity index (χ0v) is 19.5. The Labute approximate surface area is 189 Å². The average Bonchev–Trinajstić information content (AvgIpc) is 3.40. The first-order valence-electron chi connectivity index (χ1n) is 11.5. The first-order chi connectivity index (χ1) is 15.2. The van der Waals surface area contributed by atoms with Crippen LogP contribution in [0.2, 0.25) is 0 Å². The van der Waals surface area contributed by atoms with Crippen LogP contribution >= 0.6 is 0 Å². The van der Waals surface area contributed by atoms with E-state index in [0.29, 0.717) is 37.7 Å². The van der Waals surface area contributed by atoms with Crippen LogP contribution in [0, 0.1) is 18.8 Å². The minimum atomic E-state index is -0.479. The second-order valence-electron chi connectivity index (χ2n) is 10.0. The Morgan fingerprint density at radius 1 is 1.19 bits per heavy atom. The summed E-state index contributed by atoms with van der Waals surface area (Å²) in [6.45, 7) is 11.5. The summed E-state index contributed by atoms with van der Waals surface area (Å²) in [6.07, 6.45) is 4.27.